The van der Waals surface area contributed by atoms with E-state index in [2.05, 4.69) is 20.6 Å². The first kappa shape index (κ1) is 12.2. The van der Waals surface area contributed by atoms with Crippen LogP contribution in [0.3, 0.4) is 0 Å². The fraction of sp³-hybridized carbons (Fsp3) is 0.273. The van der Waals surface area contributed by atoms with Crippen LogP contribution in [0.5, 0.6) is 0 Å². The van der Waals surface area contributed by atoms with Gasteiger partial charge in [-0.2, -0.15) is 5.21 Å². The summed E-state index contributed by atoms with van der Waals surface area (Å²) < 4.78 is 13.6. The summed E-state index contributed by atoms with van der Waals surface area (Å²) in [5, 5.41) is 12.7. The number of aromatic nitrogens is 4. The molecule has 0 fully saturated rings. The molecular formula is C11H12FN5O. The van der Waals surface area contributed by atoms with Gasteiger partial charge in [0.25, 0.3) is 11.7 Å². The van der Waals surface area contributed by atoms with Crippen LogP contribution in [0.1, 0.15) is 29.1 Å². The highest BCUT2D eigenvalue weighted by Crippen LogP contribution is 2.22. The van der Waals surface area contributed by atoms with Gasteiger partial charge >= 0.3 is 0 Å². The molecule has 0 spiro atoms. The lowest BCUT2D eigenvalue weighted by molar-refractivity contribution is 0.0728. The third-order valence-corrected chi connectivity index (χ3v) is 2.79. The highest BCUT2D eigenvalue weighted by molar-refractivity contribution is 5.90. The number of nitrogens with one attached hydrogen (secondary N) is 1. The van der Waals surface area contributed by atoms with E-state index in [4.69, 9.17) is 0 Å². The average molecular weight is 249 g/mol. The Morgan fingerprint density at radius 3 is 2.78 bits per heavy atom. The molecular weight excluding hydrogens is 237 g/mol. The Balaban J connectivity index is 2.22. The van der Waals surface area contributed by atoms with Crippen LogP contribution in [-0.4, -0.2) is 38.5 Å². The number of hydrogen-bond donors (Lipinski definition) is 1. The van der Waals surface area contributed by atoms with Crippen molar-refractivity contribution in [1.29, 1.82) is 0 Å². The van der Waals surface area contributed by atoms with Crippen molar-refractivity contribution in [1.82, 2.24) is 25.5 Å². The summed E-state index contributed by atoms with van der Waals surface area (Å²) in [7, 11) is 1.57. The maximum Gasteiger partial charge on any atom is 0.295 e. The number of tetrazole rings is 1. The lowest BCUT2D eigenvalue weighted by atomic mass is 10.1. The molecule has 1 N–H and O–H groups in total. The topological polar surface area (TPSA) is 74.8 Å². The number of H-pyrrole nitrogens is 1. The Morgan fingerprint density at radius 1 is 1.44 bits per heavy atom. The van der Waals surface area contributed by atoms with Crippen LogP contribution in [0.15, 0.2) is 24.3 Å². The average Bonchev–Trinajstić information content (AvgIpc) is 2.90. The van der Waals surface area contributed by atoms with Crippen LogP contribution in [0.2, 0.25) is 0 Å². The summed E-state index contributed by atoms with van der Waals surface area (Å²) in [6.07, 6.45) is 0. The molecule has 1 aromatic carbocycles. The van der Waals surface area contributed by atoms with Crippen LogP contribution in [0, 0.1) is 5.82 Å². The zero-order chi connectivity index (χ0) is 13.1. The third-order valence-electron chi connectivity index (χ3n) is 2.79. The van der Waals surface area contributed by atoms with Gasteiger partial charge in [-0.25, -0.2) is 4.39 Å². The lowest BCUT2D eigenvalue weighted by Crippen LogP contribution is -2.31. The van der Waals surface area contributed by atoms with Gasteiger partial charge in [0.1, 0.15) is 5.82 Å². The van der Waals surface area contributed by atoms with Gasteiger partial charge in [0, 0.05) is 12.6 Å². The normalized spacial score (nSPS) is 12.2. The SMILES string of the molecule is CC(c1ccccc1F)N(C)C(=O)c1nn[nH]n1. The molecule has 94 valence electrons. The zero-order valence-electron chi connectivity index (χ0n) is 9.96. The van der Waals surface area contributed by atoms with Gasteiger partial charge in [0.05, 0.1) is 6.04 Å². The van der Waals surface area contributed by atoms with Crippen molar-refractivity contribution in [2.75, 3.05) is 7.05 Å². The van der Waals surface area contributed by atoms with Crippen LogP contribution in [-0.2, 0) is 0 Å². The fourth-order valence-corrected chi connectivity index (χ4v) is 1.61. The molecule has 0 bridgehead atoms. The number of nitrogens with zero attached hydrogens (tertiary/aromatic N) is 4. The van der Waals surface area contributed by atoms with Gasteiger partial charge in [0.2, 0.25) is 0 Å². The number of amides is 1. The molecule has 0 aliphatic heterocycles. The molecule has 0 radical (unpaired) electrons. The van der Waals surface area contributed by atoms with E-state index >= 15 is 0 Å². The van der Waals surface area contributed by atoms with E-state index in [1.54, 1.807) is 32.2 Å². The summed E-state index contributed by atoms with van der Waals surface area (Å²) in [6.45, 7) is 1.73. The van der Waals surface area contributed by atoms with E-state index in [9.17, 15) is 9.18 Å². The molecule has 1 amide bonds. The molecule has 7 heteroatoms. The van der Waals surface area contributed by atoms with Crippen molar-refractivity contribution in [2.24, 2.45) is 0 Å². The second kappa shape index (κ2) is 4.91. The van der Waals surface area contributed by atoms with E-state index in [1.165, 1.54) is 11.0 Å². The van der Waals surface area contributed by atoms with Gasteiger partial charge in [-0.15, -0.1) is 10.2 Å². The molecule has 2 rings (SSSR count). The maximum atomic E-state index is 13.6. The second-order valence-electron chi connectivity index (χ2n) is 3.85. The van der Waals surface area contributed by atoms with Gasteiger partial charge in [-0.05, 0) is 18.2 Å². The van der Waals surface area contributed by atoms with Gasteiger partial charge in [0.15, 0.2) is 0 Å². The standard InChI is InChI=1S/C11H12FN5O/c1-7(8-5-3-4-6-9(8)12)17(2)11(18)10-13-15-16-14-10/h3-7H,1-2H3,(H,13,14,15,16). The number of aromatic amines is 1. The number of carbonyl (C=O) groups is 1. The minimum absolute atomic E-state index is 0.0410. The van der Waals surface area contributed by atoms with Crippen LogP contribution in [0.25, 0.3) is 0 Å². The van der Waals surface area contributed by atoms with Crippen molar-refractivity contribution in [3.63, 3.8) is 0 Å². The van der Waals surface area contributed by atoms with E-state index in [-0.39, 0.29) is 11.6 Å². The Morgan fingerprint density at radius 2 is 2.17 bits per heavy atom. The minimum atomic E-state index is -0.419. The van der Waals surface area contributed by atoms with Crippen molar-refractivity contribution >= 4 is 5.91 Å². The summed E-state index contributed by atoms with van der Waals surface area (Å²) in [5.74, 6) is -0.807. The van der Waals surface area contributed by atoms with Crippen molar-refractivity contribution in [3.8, 4) is 0 Å². The van der Waals surface area contributed by atoms with Gasteiger partial charge < -0.3 is 4.90 Å². The molecule has 1 atom stereocenters. The molecule has 18 heavy (non-hydrogen) atoms. The fourth-order valence-electron chi connectivity index (χ4n) is 1.61. The molecule has 0 aliphatic carbocycles. The van der Waals surface area contributed by atoms with Crippen molar-refractivity contribution < 1.29 is 9.18 Å². The summed E-state index contributed by atoms with van der Waals surface area (Å²) in [5.41, 5.74) is 0.442. The first-order valence-corrected chi connectivity index (χ1v) is 5.36. The quantitative estimate of drug-likeness (QED) is 0.886. The van der Waals surface area contributed by atoms with Crippen LogP contribution < -0.4 is 0 Å². The largest absolute Gasteiger partial charge is 0.332 e. The number of halogens is 1. The Bertz CT molecular complexity index is 542. The van der Waals surface area contributed by atoms with Crippen molar-refractivity contribution in [3.05, 3.63) is 41.5 Å². The molecule has 6 nitrogen and oxygen atoms in total. The summed E-state index contributed by atoms with van der Waals surface area (Å²) >= 11 is 0. The molecule has 1 heterocycles. The number of benzene rings is 1. The minimum Gasteiger partial charge on any atom is -0.332 e. The zero-order valence-corrected chi connectivity index (χ0v) is 9.96. The smallest absolute Gasteiger partial charge is 0.295 e. The third kappa shape index (κ3) is 2.20. The highest BCUT2D eigenvalue weighted by Gasteiger charge is 2.23. The first-order valence-electron chi connectivity index (χ1n) is 5.36. The van der Waals surface area contributed by atoms with Gasteiger partial charge in [-0.1, -0.05) is 18.2 Å². The van der Waals surface area contributed by atoms with Crippen LogP contribution >= 0.6 is 0 Å². The Hall–Kier alpha value is -2.31. The predicted molar refractivity (Wildman–Crippen MR) is 61.1 cm³/mol. The summed E-state index contributed by atoms with van der Waals surface area (Å²) in [6, 6.07) is 5.91. The van der Waals surface area contributed by atoms with E-state index in [0.29, 0.717) is 5.56 Å². The van der Waals surface area contributed by atoms with E-state index in [0.717, 1.165) is 0 Å². The van der Waals surface area contributed by atoms with Crippen molar-refractivity contribution in [2.45, 2.75) is 13.0 Å². The van der Waals surface area contributed by atoms with E-state index in [1.807, 2.05) is 0 Å². The Kier molecular flexibility index (Phi) is 3.31. The predicted octanol–water partition coefficient (Wildman–Crippen LogP) is 1.17. The molecule has 0 aliphatic rings. The molecule has 2 aromatic rings. The van der Waals surface area contributed by atoms with Gasteiger partial charge in [-0.3, -0.25) is 4.79 Å². The molecule has 1 unspecified atom stereocenters. The summed E-state index contributed by atoms with van der Waals surface area (Å²) in [4.78, 5) is 13.3. The Labute approximate surface area is 103 Å². The molecule has 1 aromatic heterocycles. The number of rotatable bonds is 3. The highest BCUT2D eigenvalue weighted by atomic mass is 19.1. The lowest BCUT2D eigenvalue weighted by Gasteiger charge is -2.24. The number of carbonyl (C=O) groups excluding carboxylic acids is 1. The second-order valence-corrected chi connectivity index (χ2v) is 3.85. The molecule has 0 saturated heterocycles. The first-order chi connectivity index (χ1) is 8.61. The molecule has 0 saturated carbocycles. The maximum absolute atomic E-state index is 13.6. The monoisotopic (exact) mass is 249 g/mol. The van der Waals surface area contributed by atoms with Crippen LogP contribution in [0.4, 0.5) is 4.39 Å². The number of hydrogen-bond acceptors (Lipinski definition) is 4. The van der Waals surface area contributed by atoms with E-state index < -0.39 is 11.9 Å².